The number of Topliss-reactive ketones (excluding diaryl/α,β-unsaturated/α-hetero) is 2. The molecule has 0 spiro atoms. The number of carbonyl (C=O) groups is 4. The minimum absolute atomic E-state index is 0.0140. The van der Waals surface area contributed by atoms with Gasteiger partial charge in [0.2, 0.25) is 15.9 Å². The number of likely N-dealkylation sites (tertiary alicyclic amines) is 1. The number of amides is 1. The molecule has 1 aliphatic carbocycles. The summed E-state index contributed by atoms with van der Waals surface area (Å²) in [4.78, 5) is 56.0. The normalized spacial score (nSPS) is 22.1. The smallest absolute Gasteiger partial charge is 0.307 e. The fraction of sp³-hybridized carbons (Fsp3) is 0.842. The Balaban J connectivity index is 2.44. The van der Waals surface area contributed by atoms with E-state index in [2.05, 4.69) is 47.0 Å². The fourth-order valence-corrected chi connectivity index (χ4v) is 11.8. The monoisotopic (exact) mass is 740 g/mol. The molecule has 288 valence electrons. The molecule has 1 saturated heterocycles. The molecule has 12 heteroatoms. The van der Waals surface area contributed by atoms with Crippen molar-refractivity contribution in [3.05, 3.63) is 12.7 Å². The Morgan fingerprint density at radius 2 is 1.70 bits per heavy atom. The first kappa shape index (κ1) is 44.3. The van der Waals surface area contributed by atoms with Crippen LogP contribution >= 0.6 is 0 Å². The Labute approximate surface area is 304 Å². The SMILES string of the molecule is C=CCCC(=O)C(O)[C@H](C)CC(=O)[C@@H]1[C@@H]2[C@H](CN1C(=O)[C@@H](CC(=O)OC(C)(C)C)CN(CCCCCCC)S(=O)(=O)CC[Si](C)(C)C)C2(C)C. The van der Waals surface area contributed by atoms with E-state index in [-0.39, 0.29) is 66.9 Å². The van der Waals surface area contributed by atoms with Gasteiger partial charge in [-0.05, 0) is 62.8 Å². The number of aliphatic hydroxyl groups excluding tert-OH is 1. The van der Waals surface area contributed by atoms with Gasteiger partial charge >= 0.3 is 5.97 Å². The number of unbranched alkanes of at least 4 members (excludes halogenated alkanes) is 4. The summed E-state index contributed by atoms with van der Waals surface area (Å²) in [6.45, 7) is 23.6. The standard InChI is InChI=1S/C38H68N2O8SSi/c1-12-14-16-17-18-20-39(49(46,47)21-22-50(9,10)11)25-28(24-32(43)48-37(4,5)6)36(45)40-26-29-33(38(29,7)8)34(40)31(42)23-27(3)35(44)30(41)19-15-13-2/h13,27-29,33-35,44H,2,12,14-26H2,1,3-11H3/t27-,28+,29+,33+,34-,35?/m1/s1. The number of allylic oxidation sites excluding steroid dienone is 1. The van der Waals surface area contributed by atoms with E-state index >= 15 is 0 Å². The zero-order valence-electron chi connectivity index (χ0n) is 32.8. The highest BCUT2D eigenvalue weighted by Crippen LogP contribution is 2.65. The second-order valence-corrected chi connectivity index (χ2v) is 25.4. The molecule has 2 fully saturated rings. The molecule has 10 nitrogen and oxygen atoms in total. The van der Waals surface area contributed by atoms with Crippen molar-refractivity contribution in [1.29, 1.82) is 0 Å². The molecule has 1 N–H and O–H groups in total. The van der Waals surface area contributed by atoms with Crippen LogP contribution in [0, 0.1) is 29.1 Å². The number of aliphatic hydroxyl groups is 1. The van der Waals surface area contributed by atoms with Gasteiger partial charge in [-0.1, -0.05) is 79.1 Å². The maximum Gasteiger partial charge on any atom is 0.307 e. The van der Waals surface area contributed by atoms with Crippen LogP contribution in [0.1, 0.15) is 106 Å². The molecule has 0 aromatic rings. The molecule has 1 unspecified atom stereocenters. The van der Waals surface area contributed by atoms with Crippen LogP contribution < -0.4 is 0 Å². The van der Waals surface area contributed by atoms with Gasteiger partial charge in [0, 0.05) is 40.5 Å². The van der Waals surface area contributed by atoms with E-state index in [0.29, 0.717) is 25.4 Å². The molecular formula is C38H68N2O8SSi. The molecule has 1 saturated carbocycles. The second-order valence-electron chi connectivity index (χ2n) is 17.7. The van der Waals surface area contributed by atoms with E-state index in [1.54, 1.807) is 38.7 Å². The van der Waals surface area contributed by atoms with Crippen molar-refractivity contribution >= 4 is 41.5 Å². The van der Waals surface area contributed by atoms with Gasteiger partial charge in [-0.15, -0.1) is 6.58 Å². The van der Waals surface area contributed by atoms with Crippen molar-refractivity contribution in [3.63, 3.8) is 0 Å². The first-order valence-electron chi connectivity index (χ1n) is 18.8. The number of hydrogen-bond donors (Lipinski definition) is 1. The van der Waals surface area contributed by atoms with E-state index < -0.39 is 59.6 Å². The van der Waals surface area contributed by atoms with Crippen LogP contribution in [0.25, 0.3) is 0 Å². The molecule has 6 atom stereocenters. The Morgan fingerprint density at radius 1 is 1.08 bits per heavy atom. The van der Waals surface area contributed by atoms with Crippen molar-refractivity contribution in [2.75, 3.05) is 25.4 Å². The maximum atomic E-state index is 14.6. The number of rotatable bonds is 23. The van der Waals surface area contributed by atoms with Gasteiger partial charge in [0.25, 0.3) is 0 Å². The van der Waals surface area contributed by atoms with Crippen LogP contribution in [0.15, 0.2) is 12.7 Å². The van der Waals surface area contributed by atoms with Crippen LogP contribution in [0.4, 0.5) is 0 Å². The number of piperidine rings is 1. The molecule has 1 aliphatic heterocycles. The number of nitrogens with zero attached hydrogens (tertiary/aromatic N) is 2. The summed E-state index contributed by atoms with van der Waals surface area (Å²) in [6.07, 6.45) is 5.09. The lowest BCUT2D eigenvalue weighted by molar-refractivity contribution is -0.159. The topological polar surface area (TPSA) is 138 Å². The summed E-state index contributed by atoms with van der Waals surface area (Å²) in [5, 5.41) is 10.7. The highest BCUT2D eigenvalue weighted by atomic mass is 32.2. The molecule has 0 bridgehead atoms. The predicted molar refractivity (Wildman–Crippen MR) is 202 cm³/mol. The molecule has 0 radical (unpaired) electrons. The molecule has 0 aromatic heterocycles. The van der Waals surface area contributed by atoms with Gasteiger partial charge in [-0.2, -0.15) is 0 Å². The second kappa shape index (κ2) is 18.2. The number of carbonyl (C=O) groups excluding carboxylic acids is 4. The summed E-state index contributed by atoms with van der Waals surface area (Å²) in [5.74, 6) is -3.33. The van der Waals surface area contributed by atoms with Crippen molar-refractivity contribution in [3.8, 4) is 0 Å². The largest absolute Gasteiger partial charge is 0.460 e. The van der Waals surface area contributed by atoms with Gasteiger partial charge in [-0.3, -0.25) is 19.2 Å². The number of hydrogen-bond acceptors (Lipinski definition) is 8. The summed E-state index contributed by atoms with van der Waals surface area (Å²) in [5.41, 5.74) is -0.977. The summed E-state index contributed by atoms with van der Waals surface area (Å²) < 4.78 is 34.9. The van der Waals surface area contributed by atoms with Crippen molar-refractivity contribution in [2.45, 2.75) is 150 Å². The lowest BCUT2D eigenvalue weighted by Gasteiger charge is -2.35. The molecular weight excluding hydrogens is 673 g/mol. The molecule has 1 heterocycles. The molecule has 50 heavy (non-hydrogen) atoms. The lowest BCUT2D eigenvalue weighted by Crippen LogP contribution is -2.51. The van der Waals surface area contributed by atoms with Gasteiger partial charge in [0.05, 0.1) is 24.1 Å². The Bertz CT molecular complexity index is 1300. The quantitative estimate of drug-likeness (QED) is 0.0562. The predicted octanol–water partition coefficient (Wildman–Crippen LogP) is 6.25. The first-order chi connectivity index (χ1) is 23.0. The number of ketones is 2. The van der Waals surface area contributed by atoms with E-state index in [9.17, 15) is 32.7 Å². The van der Waals surface area contributed by atoms with E-state index in [4.69, 9.17) is 4.74 Å². The van der Waals surface area contributed by atoms with Crippen LogP contribution in [0.2, 0.25) is 25.7 Å². The number of esters is 1. The Kier molecular flexibility index (Phi) is 16.1. The van der Waals surface area contributed by atoms with Gasteiger partial charge < -0.3 is 14.7 Å². The third-order valence-electron chi connectivity index (χ3n) is 10.4. The molecule has 2 rings (SSSR count). The lowest BCUT2D eigenvalue weighted by atomic mass is 9.88. The van der Waals surface area contributed by atoms with Gasteiger partial charge in [0.1, 0.15) is 11.7 Å². The fourth-order valence-electron chi connectivity index (χ4n) is 7.24. The summed E-state index contributed by atoms with van der Waals surface area (Å²) >= 11 is 0. The average Bonchev–Trinajstić information content (AvgIpc) is 3.31. The number of ether oxygens (including phenoxy) is 1. The third kappa shape index (κ3) is 13.0. The maximum absolute atomic E-state index is 14.6. The Morgan fingerprint density at radius 3 is 2.26 bits per heavy atom. The highest BCUT2D eigenvalue weighted by Gasteiger charge is 2.69. The molecule has 0 aromatic carbocycles. The number of sulfonamides is 1. The van der Waals surface area contributed by atoms with Crippen molar-refractivity contribution in [2.24, 2.45) is 29.1 Å². The van der Waals surface area contributed by atoms with Crippen LogP contribution in [-0.2, 0) is 33.9 Å². The Hall–Kier alpha value is -1.89. The van der Waals surface area contributed by atoms with Crippen LogP contribution in [0.3, 0.4) is 0 Å². The molecule has 2 aliphatic rings. The minimum Gasteiger partial charge on any atom is -0.460 e. The zero-order valence-corrected chi connectivity index (χ0v) is 34.6. The molecule has 1 amide bonds. The first-order valence-corrected chi connectivity index (χ1v) is 24.1. The summed E-state index contributed by atoms with van der Waals surface area (Å²) in [7, 11) is -5.46. The average molecular weight is 741 g/mol. The van der Waals surface area contributed by atoms with Gasteiger partial charge in [-0.25, -0.2) is 12.7 Å². The highest BCUT2D eigenvalue weighted by molar-refractivity contribution is 7.89. The zero-order chi connectivity index (χ0) is 38.2. The van der Waals surface area contributed by atoms with Gasteiger partial charge in [0.15, 0.2) is 11.6 Å². The van der Waals surface area contributed by atoms with Crippen LogP contribution in [-0.4, -0.2) is 97.4 Å². The van der Waals surface area contributed by atoms with E-state index in [1.165, 1.54) is 4.31 Å². The minimum atomic E-state index is -3.75. The summed E-state index contributed by atoms with van der Waals surface area (Å²) in [6, 6.07) is -0.208. The van der Waals surface area contributed by atoms with Crippen molar-refractivity contribution < 1.29 is 37.4 Å². The number of fused-ring (bicyclic) bond motifs is 1. The van der Waals surface area contributed by atoms with E-state index in [0.717, 1.165) is 25.7 Å². The van der Waals surface area contributed by atoms with E-state index in [1.807, 2.05) is 0 Å². The van der Waals surface area contributed by atoms with Crippen molar-refractivity contribution in [1.82, 2.24) is 9.21 Å². The van der Waals surface area contributed by atoms with Crippen LogP contribution in [0.5, 0.6) is 0 Å². The third-order valence-corrected chi connectivity index (χ3v) is 14.4.